The van der Waals surface area contributed by atoms with Gasteiger partial charge in [-0.15, -0.1) is 0 Å². The van der Waals surface area contributed by atoms with Crippen LogP contribution in [0.15, 0.2) is 18.7 Å². The zero-order chi connectivity index (χ0) is 25.1. The molecule has 192 valence electrons. The number of morpholine rings is 1. The van der Waals surface area contributed by atoms with Crippen LogP contribution < -0.4 is 10.2 Å². The van der Waals surface area contributed by atoms with Crippen molar-refractivity contribution in [1.29, 1.82) is 0 Å². The fourth-order valence-corrected chi connectivity index (χ4v) is 4.11. The standard InChI is InChI=1S/C24H32N8O4/c1-24(2,3)14-36-23(33)30-22-25-10-17(11-26-22)19-28-20(31-5-8-34-9-6-31)18-21(29-19)32(15-27-18)12-16-4-7-35-13-16/h10-11,15-16H,4-9,12-14H2,1-3H3,(H,25,26,30,33). The van der Waals surface area contributed by atoms with Crippen molar-refractivity contribution >= 4 is 29.0 Å². The first-order valence-corrected chi connectivity index (χ1v) is 12.3. The van der Waals surface area contributed by atoms with Gasteiger partial charge in [-0.3, -0.25) is 5.32 Å². The van der Waals surface area contributed by atoms with Crippen LogP contribution in [0.25, 0.3) is 22.6 Å². The lowest BCUT2D eigenvalue weighted by atomic mass is 9.99. The maximum absolute atomic E-state index is 12.1. The van der Waals surface area contributed by atoms with Crippen molar-refractivity contribution in [3.05, 3.63) is 18.7 Å². The van der Waals surface area contributed by atoms with E-state index >= 15 is 0 Å². The maximum Gasteiger partial charge on any atom is 0.414 e. The van der Waals surface area contributed by atoms with E-state index in [2.05, 4.69) is 29.7 Å². The summed E-state index contributed by atoms with van der Waals surface area (Å²) in [6.07, 6.45) is 5.46. The summed E-state index contributed by atoms with van der Waals surface area (Å²) >= 11 is 0. The molecular weight excluding hydrogens is 464 g/mol. The van der Waals surface area contributed by atoms with Gasteiger partial charge in [-0.1, -0.05) is 20.8 Å². The highest BCUT2D eigenvalue weighted by atomic mass is 16.5. The molecule has 5 heterocycles. The summed E-state index contributed by atoms with van der Waals surface area (Å²) in [5.74, 6) is 1.85. The molecule has 12 nitrogen and oxygen atoms in total. The third kappa shape index (κ3) is 5.71. The van der Waals surface area contributed by atoms with Crippen molar-refractivity contribution in [2.24, 2.45) is 11.3 Å². The molecule has 1 amide bonds. The second-order valence-corrected chi connectivity index (χ2v) is 10.3. The minimum absolute atomic E-state index is 0.131. The molecule has 5 rings (SSSR count). The van der Waals surface area contributed by atoms with Gasteiger partial charge in [0.1, 0.15) is 0 Å². The van der Waals surface area contributed by atoms with Crippen LogP contribution in [0.1, 0.15) is 27.2 Å². The summed E-state index contributed by atoms with van der Waals surface area (Å²) in [5.41, 5.74) is 2.03. The average molecular weight is 497 g/mol. The summed E-state index contributed by atoms with van der Waals surface area (Å²) < 4.78 is 18.4. The molecule has 2 saturated heterocycles. The van der Waals surface area contributed by atoms with Gasteiger partial charge in [0.15, 0.2) is 22.8 Å². The lowest BCUT2D eigenvalue weighted by Gasteiger charge is -2.28. The number of imidazole rings is 1. The van der Waals surface area contributed by atoms with Crippen molar-refractivity contribution in [3.8, 4) is 11.4 Å². The van der Waals surface area contributed by atoms with E-state index < -0.39 is 6.09 Å². The van der Waals surface area contributed by atoms with Gasteiger partial charge in [-0.2, -0.15) is 0 Å². The molecule has 0 bridgehead atoms. The van der Waals surface area contributed by atoms with Crippen LogP contribution >= 0.6 is 0 Å². The molecule has 3 aromatic rings. The fourth-order valence-electron chi connectivity index (χ4n) is 4.11. The van der Waals surface area contributed by atoms with E-state index in [1.807, 2.05) is 27.1 Å². The number of anilines is 2. The summed E-state index contributed by atoms with van der Waals surface area (Å²) in [5, 5.41) is 2.56. The number of hydrogen-bond donors (Lipinski definition) is 1. The van der Waals surface area contributed by atoms with E-state index in [-0.39, 0.29) is 18.0 Å². The molecule has 0 spiro atoms. The summed E-state index contributed by atoms with van der Waals surface area (Å²) in [6.45, 7) is 11.3. The van der Waals surface area contributed by atoms with Gasteiger partial charge in [0.2, 0.25) is 5.95 Å². The molecule has 1 N–H and O–H groups in total. The van der Waals surface area contributed by atoms with Crippen LogP contribution in [-0.2, 0) is 20.8 Å². The number of ether oxygens (including phenoxy) is 3. The number of hydrogen-bond acceptors (Lipinski definition) is 10. The molecule has 0 aliphatic carbocycles. The first-order valence-electron chi connectivity index (χ1n) is 12.3. The van der Waals surface area contributed by atoms with Gasteiger partial charge in [0, 0.05) is 44.6 Å². The number of nitrogens with one attached hydrogen (secondary N) is 1. The highest BCUT2D eigenvalue weighted by molar-refractivity contribution is 5.86. The molecule has 0 radical (unpaired) electrons. The van der Waals surface area contributed by atoms with Crippen molar-refractivity contribution < 1.29 is 19.0 Å². The van der Waals surface area contributed by atoms with Gasteiger partial charge < -0.3 is 23.7 Å². The Morgan fingerprint density at radius 1 is 1.11 bits per heavy atom. The molecule has 2 aliphatic rings. The van der Waals surface area contributed by atoms with E-state index in [4.69, 9.17) is 24.2 Å². The number of rotatable bonds is 6. The van der Waals surface area contributed by atoms with Crippen molar-refractivity contribution in [3.63, 3.8) is 0 Å². The Balaban J connectivity index is 1.42. The summed E-state index contributed by atoms with van der Waals surface area (Å²) in [4.78, 5) is 37.2. The van der Waals surface area contributed by atoms with Crippen molar-refractivity contribution in [2.75, 3.05) is 56.3 Å². The van der Waals surface area contributed by atoms with Crippen LogP contribution in [0.2, 0.25) is 0 Å². The van der Waals surface area contributed by atoms with E-state index in [1.54, 1.807) is 12.4 Å². The second kappa shape index (κ2) is 10.3. The maximum atomic E-state index is 12.1. The Hall–Kier alpha value is -3.38. The quantitative estimate of drug-likeness (QED) is 0.544. The number of carbonyl (C=O) groups is 1. The zero-order valence-electron chi connectivity index (χ0n) is 20.9. The largest absolute Gasteiger partial charge is 0.449 e. The van der Waals surface area contributed by atoms with Gasteiger partial charge >= 0.3 is 6.09 Å². The molecule has 2 aliphatic heterocycles. The number of fused-ring (bicyclic) bond motifs is 1. The highest BCUT2D eigenvalue weighted by Gasteiger charge is 2.23. The lowest BCUT2D eigenvalue weighted by molar-refractivity contribution is 0.118. The summed E-state index contributed by atoms with van der Waals surface area (Å²) in [7, 11) is 0. The van der Waals surface area contributed by atoms with Crippen molar-refractivity contribution in [2.45, 2.75) is 33.7 Å². The lowest BCUT2D eigenvalue weighted by Crippen LogP contribution is -2.37. The molecule has 0 saturated carbocycles. The SMILES string of the molecule is CC(C)(C)COC(=O)Nc1ncc(-c2nc(N3CCOCC3)c3ncn(CC4CCOC4)c3n2)cn1. The van der Waals surface area contributed by atoms with Crippen LogP contribution in [-0.4, -0.2) is 81.7 Å². The monoisotopic (exact) mass is 496 g/mol. The van der Waals surface area contributed by atoms with E-state index in [9.17, 15) is 4.79 Å². The van der Waals surface area contributed by atoms with Crippen LogP contribution in [0, 0.1) is 11.3 Å². The Morgan fingerprint density at radius 3 is 2.58 bits per heavy atom. The Labute approximate surface area is 209 Å². The normalized spacial score (nSPS) is 18.5. The van der Waals surface area contributed by atoms with Crippen molar-refractivity contribution in [1.82, 2.24) is 29.5 Å². The molecule has 36 heavy (non-hydrogen) atoms. The number of nitrogens with zero attached hydrogens (tertiary/aromatic N) is 7. The van der Waals surface area contributed by atoms with E-state index in [0.29, 0.717) is 30.5 Å². The highest BCUT2D eigenvalue weighted by Crippen LogP contribution is 2.28. The molecule has 0 aromatic carbocycles. The van der Waals surface area contributed by atoms with Crippen LogP contribution in [0.3, 0.4) is 0 Å². The predicted molar refractivity (Wildman–Crippen MR) is 133 cm³/mol. The van der Waals surface area contributed by atoms with E-state index in [1.165, 1.54) is 0 Å². The third-order valence-electron chi connectivity index (χ3n) is 6.00. The Morgan fingerprint density at radius 2 is 1.89 bits per heavy atom. The Bertz CT molecular complexity index is 1200. The molecule has 2 fully saturated rings. The minimum Gasteiger partial charge on any atom is -0.449 e. The molecule has 12 heteroatoms. The van der Waals surface area contributed by atoms with Gasteiger partial charge in [0.25, 0.3) is 0 Å². The Kier molecular flexibility index (Phi) is 6.97. The number of amides is 1. The molecule has 1 atom stereocenters. The molecule has 1 unspecified atom stereocenters. The first-order chi connectivity index (χ1) is 17.4. The van der Waals surface area contributed by atoms with Gasteiger partial charge in [-0.05, 0) is 11.8 Å². The van der Waals surface area contributed by atoms with Crippen LogP contribution in [0.4, 0.5) is 16.6 Å². The smallest absolute Gasteiger partial charge is 0.414 e. The predicted octanol–water partition coefficient (Wildman–Crippen LogP) is 2.75. The minimum atomic E-state index is -0.593. The van der Waals surface area contributed by atoms with Gasteiger partial charge in [-0.25, -0.2) is 29.7 Å². The summed E-state index contributed by atoms with van der Waals surface area (Å²) in [6, 6.07) is 0. The van der Waals surface area contributed by atoms with Gasteiger partial charge in [0.05, 0.1) is 38.3 Å². The topological polar surface area (TPSA) is 129 Å². The number of carbonyl (C=O) groups excluding carboxylic acids is 1. The molecule has 3 aromatic heterocycles. The average Bonchev–Trinajstić information content (AvgIpc) is 3.53. The molecular formula is C24H32N8O4. The third-order valence-corrected chi connectivity index (χ3v) is 6.00. The fraction of sp³-hybridized carbons (Fsp3) is 0.583. The van der Waals surface area contributed by atoms with E-state index in [0.717, 1.165) is 56.3 Å². The zero-order valence-corrected chi connectivity index (χ0v) is 20.9. The first kappa shape index (κ1) is 24.3. The second-order valence-electron chi connectivity index (χ2n) is 10.3. The van der Waals surface area contributed by atoms with Crippen LogP contribution in [0.5, 0.6) is 0 Å². The number of aromatic nitrogens is 6.